The number of nitriles is 1. The third kappa shape index (κ3) is 7.53. The Morgan fingerprint density at radius 3 is 2.49 bits per heavy atom. The normalized spacial score (nSPS) is 15.5. The number of benzene rings is 3. The van der Waals surface area contributed by atoms with Crippen LogP contribution in [0.2, 0.25) is 5.02 Å². The fraction of sp³-hybridized carbons (Fsp3) is 0.324. The zero-order chi connectivity index (χ0) is 31.9. The smallest absolute Gasteiger partial charge is 0.194 e. The molecule has 0 spiro atoms. The molecule has 1 saturated heterocycles. The number of aliphatic imine (C=N–C) groups is 1. The van der Waals surface area contributed by atoms with E-state index in [9.17, 15) is 4.79 Å². The number of hydrogen-bond acceptors (Lipinski definition) is 5. The zero-order valence-corrected chi connectivity index (χ0v) is 26.7. The molecule has 8 heteroatoms. The number of nitrogens with zero attached hydrogens (tertiary/aromatic N) is 5. The second-order valence-electron chi connectivity index (χ2n) is 11.7. The van der Waals surface area contributed by atoms with Gasteiger partial charge in [-0.2, -0.15) is 5.26 Å². The Labute approximate surface area is 269 Å². The molecule has 4 aromatic rings. The number of pyridine rings is 1. The van der Waals surface area contributed by atoms with Crippen molar-refractivity contribution in [3.8, 4) is 6.07 Å². The van der Waals surface area contributed by atoms with Crippen molar-refractivity contribution in [1.82, 2.24) is 9.47 Å². The van der Waals surface area contributed by atoms with Crippen LogP contribution in [-0.4, -0.2) is 48.4 Å². The van der Waals surface area contributed by atoms with Crippen LogP contribution >= 0.6 is 11.6 Å². The Morgan fingerprint density at radius 2 is 1.82 bits per heavy atom. The molecule has 1 aliphatic heterocycles. The van der Waals surface area contributed by atoms with Crippen molar-refractivity contribution in [1.29, 1.82) is 5.26 Å². The summed E-state index contributed by atoms with van der Waals surface area (Å²) in [5.41, 5.74) is 4.27. The van der Waals surface area contributed by atoms with E-state index in [1.54, 1.807) is 6.08 Å². The number of unbranched alkanes of at least 4 members (excludes halogenated alkanes) is 1. The fourth-order valence-corrected chi connectivity index (χ4v) is 6.19. The average molecular weight is 624 g/mol. The molecule has 0 radical (unpaired) electrons. The van der Waals surface area contributed by atoms with Gasteiger partial charge in [-0.15, -0.1) is 0 Å². The van der Waals surface area contributed by atoms with Gasteiger partial charge in [-0.25, -0.2) is 4.39 Å². The van der Waals surface area contributed by atoms with Gasteiger partial charge in [0.2, 0.25) is 0 Å². The predicted molar refractivity (Wildman–Crippen MR) is 183 cm³/mol. The molecule has 0 bridgehead atoms. The van der Waals surface area contributed by atoms with E-state index in [2.05, 4.69) is 41.6 Å². The largest absolute Gasteiger partial charge is 0.367 e. The molecule has 45 heavy (non-hydrogen) atoms. The lowest BCUT2D eigenvalue weighted by Gasteiger charge is -2.34. The summed E-state index contributed by atoms with van der Waals surface area (Å²) in [5, 5.41) is 10.1. The van der Waals surface area contributed by atoms with Crippen molar-refractivity contribution in [3.63, 3.8) is 0 Å². The molecule has 5 rings (SSSR count). The minimum Gasteiger partial charge on any atom is -0.367 e. The van der Waals surface area contributed by atoms with Gasteiger partial charge in [-0.05, 0) is 68.3 Å². The van der Waals surface area contributed by atoms with Crippen molar-refractivity contribution in [2.45, 2.75) is 44.7 Å². The minimum absolute atomic E-state index is 0.0696. The molecule has 1 aliphatic rings. The molecule has 2 atom stereocenters. The highest BCUT2D eigenvalue weighted by atomic mass is 35.5. The third-order valence-corrected chi connectivity index (χ3v) is 8.88. The highest BCUT2D eigenvalue weighted by Crippen LogP contribution is 2.30. The average Bonchev–Trinajstić information content (AvgIpc) is 3.05. The number of likely N-dealkylation sites (N-methyl/N-ethyl adjacent to an activating group) is 1. The summed E-state index contributed by atoms with van der Waals surface area (Å²) in [6, 6.07) is 22.6. The quantitative estimate of drug-likeness (QED) is 0.127. The van der Waals surface area contributed by atoms with Crippen molar-refractivity contribution in [3.05, 3.63) is 123 Å². The summed E-state index contributed by atoms with van der Waals surface area (Å²) in [4.78, 5) is 23.4. The molecule has 0 saturated carbocycles. The number of allylic oxidation sites excluding steroid dienone is 1. The molecular formula is C37H39ClFN5O. The van der Waals surface area contributed by atoms with Crippen LogP contribution in [0.3, 0.4) is 0 Å². The molecule has 0 aliphatic carbocycles. The van der Waals surface area contributed by atoms with Gasteiger partial charge >= 0.3 is 0 Å². The highest BCUT2D eigenvalue weighted by Gasteiger charge is 2.23. The van der Waals surface area contributed by atoms with Crippen LogP contribution in [0, 0.1) is 17.1 Å². The van der Waals surface area contributed by atoms with Crippen molar-refractivity contribution in [2.24, 2.45) is 4.99 Å². The van der Waals surface area contributed by atoms with Gasteiger partial charge in [-0.1, -0.05) is 60.6 Å². The molecule has 2 heterocycles. The fourth-order valence-electron chi connectivity index (χ4n) is 6.06. The van der Waals surface area contributed by atoms with Gasteiger partial charge in [0.1, 0.15) is 5.82 Å². The summed E-state index contributed by atoms with van der Waals surface area (Å²) >= 11 is 6.17. The first-order valence-corrected chi connectivity index (χ1v) is 15.8. The molecule has 3 aromatic carbocycles. The van der Waals surface area contributed by atoms with Crippen LogP contribution in [0.15, 0.2) is 95.4 Å². The lowest BCUT2D eigenvalue weighted by atomic mass is 9.88. The lowest BCUT2D eigenvalue weighted by molar-refractivity contribution is 0.312. The Bertz CT molecular complexity index is 1770. The van der Waals surface area contributed by atoms with E-state index in [-0.39, 0.29) is 11.3 Å². The molecule has 0 amide bonds. The van der Waals surface area contributed by atoms with Crippen LogP contribution in [0.1, 0.15) is 54.8 Å². The SMILES string of the molecule is C=CC(=NC(C)c1cn(Cc2ccc(Cl)cc2)c2cc(N3CCN(C)CC3)c(F)cc2c1=O)C(CCCC#N)c1ccccc1. The second-order valence-corrected chi connectivity index (χ2v) is 12.2. The van der Waals surface area contributed by atoms with Crippen molar-refractivity contribution >= 4 is 33.9 Å². The Kier molecular flexibility index (Phi) is 10.5. The maximum atomic E-state index is 15.7. The van der Waals surface area contributed by atoms with Gasteiger partial charge in [-0.3, -0.25) is 9.79 Å². The van der Waals surface area contributed by atoms with Crippen LogP contribution < -0.4 is 10.3 Å². The summed E-state index contributed by atoms with van der Waals surface area (Å²) in [6.07, 6.45) is 5.51. The summed E-state index contributed by atoms with van der Waals surface area (Å²) < 4.78 is 17.8. The van der Waals surface area contributed by atoms with Crippen molar-refractivity contribution < 1.29 is 4.39 Å². The molecular weight excluding hydrogens is 585 g/mol. The number of rotatable bonds is 11. The Balaban J connectivity index is 1.61. The number of fused-ring (bicyclic) bond motifs is 1. The standard InChI is InChI=1S/C37H39ClFN5O/c1-4-34(30(12-8-9-17-40)28-10-6-5-7-11-28)41-26(2)32-25-44(24-27-13-15-29(38)16-14-27)35-23-36(33(39)22-31(35)37(32)45)43-20-18-42(3)19-21-43/h4-7,10-11,13-16,22-23,25-26,30H,1,8-9,12,18-21,24H2,2-3H3. The molecule has 0 N–H and O–H groups in total. The molecule has 2 unspecified atom stereocenters. The maximum Gasteiger partial charge on any atom is 0.194 e. The minimum atomic E-state index is -0.520. The maximum absolute atomic E-state index is 15.7. The van der Waals surface area contributed by atoms with E-state index >= 15 is 4.39 Å². The third-order valence-electron chi connectivity index (χ3n) is 8.63. The first-order chi connectivity index (χ1) is 21.8. The van der Waals surface area contributed by atoms with Crippen LogP contribution in [0.25, 0.3) is 10.9 Å². The molecule has 1 fully saturated rings. The number of aromatic nitrogens is 1. The topological polar surface area (TPSA) is 64.6 Å². The highest BCUT2D eigenvalue weighted by molar-refractivity contribution is 6.30. The van der Waals surface area contributed by atoms with Gasteiger partial charge in [0.25, 0.3) is 0 Å². The summed E-state index contributed by atoms with van der Waals surface area (Å²) in [6.45, 7) is 9.54. The Hall–Kier alpha value is -4.25. The van der Waals surface area contributed by atoms with Gasteiger partial charge in [0.15, 0.2) is 5.43 Å². The molecule has 232 valence electrons. The van der Waals surface area contributed by atoms with Crippen LogP contribution in [0.5, 0.6) is 0 Å². The van der Waals surface area contributed by atoms with E-state index in [4.69, 9.17) is 21.9 Å². The first kappa shape index (κ1) is 32.2. The van der Waals surface area contributed by atoms with E-state index in [0.717, 1.165) is 42.8 Å². The van der Waals surface area contributed by atoms with Crippen LogP contribution in [0.4, 0.5) is 10.1 Å². The van der Waals surface area contributed by atoms with Gasteiger partial charge in [0.05, 0.1) is 23.3 Å². The van der Waals surface area contributed by atoms with Crippen LogP contribution in [-0.2, 0) is 6.54 Å². The zero-order valence-electron chi connectivity index (χ0n) is 25.9. The van der Waals surface area contributed by atoms with E-state index < -0.39 is 11.9 Å². The van der Waals surface area contributed by atoms with Gasteiger partial charge in [0, 0.05) is 72.9 Å². The first-order valence-electron chi connectivity index (χ1n) is 15.5. The van der Waals surface area contributed by atoms with Crippen molar-refractivity contribution in [2.75, 3.05) is 38.1 Å². The number of piperazine rings is 1. The summed E-state index contributed by atoms with van der Waals surface area (Å²) in [5.74, 6) is -0.469. The number of hydrogen-bond donors (Lipinski definition) is 0. The Morgan fingerprint density at radius 1 is 1.11 bits per heavy atom. The lowest BCUT2D eigenvalue weighted by Crippen LogP contribution is -2.44. The van der Waals surface area contributed by atoms with E-state index in [1.165, 1.54) is 6.07 Å². The van der Waals surface area contributed by atoms with E-state index in [1.807, 2.05) is 66.2 Å². The molecule has 6 nitrogen and oxygen atoms in total. The number of halogens is 2. The molecule has 1 aromatic heterocycles. The monoisotopic (exact) mass is 623 g/mol. The number of anilines is 1. The van der Waals surface area contributed by atoms with Gasteiger partial charge < -0.3 is 14.4 Å². The van der Waals surface area contributed by atoms with E-state index in [0.29, 0.717) is 53.2 Å². The second kappa shape index (κ2) is 14.7. The summed E-state index contributed by atoms with van der Waals surface area (Å²) in [7, 11) is 2.06. The predicted octanol–water partition coefficient (Wildman–Crippen LogP) is 7.76.